The molecular weight excluding hydrogens is 244 g/mol. The van der Waals surface area contributed by atoms with Crippen LogP contribution in [-0.2, 0) is 0 Å². The van der Waals surface area contributed by atoms with Crippen LogP contribution in [0.15, 0.2) is 48.7 Å². The van der Waals surface area contributed by atoms with E-state index in [2.05, 4.69) is 53.3 Å². The zero-order valence-corrected chi connectivity index (χ0v) is 11.7. The highest BCUT2D eigenvalue weighted by molar-refractivity contribution is 5.81. The summed E-state index contributed by atoms with van der Waals surface area (Å²) < 4.78 is 0. The Labute approximate surface area is 118 Å². The fourth-order valence-electron chi connectivity index (χ4n) is 2.21. The highest BCUT2D eigenvalue weighted by Crippen LogP contribution is 2.16. The molecule has 2 nitrogen and oxygen atoms in total. The summed E-state index contributed by atoms with van der Waals surface area (Å²) in [7, 11) is 0. The third kappa shape index (κ3) is 2.75. The number of nitrogens with zero attached hydrogens (tertiary/aromatic N) is 2. The second-order valence-electron chi connectivity index (χ2n) is 5.00. The molecule has 0 amide bonds. The number of fused-ring (bicyclic) bond motifs is 1. The number of rotatable bonds is 2. The number of hydrogen-bond donors (Lipinski definition) is 0. The maximum absolute atomic E-state index is 4.65. The predicted molar refractivity (Wildman–Crippen MR) is 84.4 cm³/mol. The summed E-state index contributed by atoms with van der Waals surface area (Å²) in [6.45, 7) is 4.09. The molecule has 0 radical (unpaired) electrons. The molecule has 2 aromatic heterocycles. The fraction of sp³-hybridized carbons (Fsp3) is 0.111. The lowest BCUT2D eigenvalue weighted by Crippen LogP contribution is -1.84. The molecular formula is C18H16N2. The standard InChI is InChI=1S/C18H16N2/c1-13-3-8-18-16(11-13)5-7-17(20-18)6-4-15-9-10-19-14(2)12-15/h3-12H,1-2H3/b6-4+. The maximum Gasteiger partial charge on any atom is 0.0709 e. The van der Waals surface area contributed by atoms with Gasteiger partial charge in [0.1, 0.15) is 0 Å². The predicted octanol–water partition coefficient (Wildman–Crippen LogP) is 4.42. The van der Waals surface area contributed by atoms with Crippen LogP contribution in [0.3, 0.4) is 0 Å². The molecule has 0 atom stereocenters. The van der Waals surface area contributed by atoms with Crippen LogP contribution in [0.1, 0.15) is 22.5 Å². The van der Waals surface area contributed by atoms with Gasteiger partial charge in [-0.15, -0.1) is 0 Å². The molecule has 0 bridgehead atoms. The summed E-state index contributed by atoms with van der Waals surface area (Å²) >= 11 is 0. The van der Waals surface area contributed by atoms with Gasteiger partial charge >= 0.3 is 0 Å². The van der Waals surface area contributed by atoms with E-state index in [1.807, 2.05) is 31.3 Å². The van der Waals surface area contributed by atoms with Crippen molar-refractivity contribution < 1.29 is 0 Å². The molecule has 2 heteroatoms. The Morgan fingerprint density at radius 1 is 0.900 bits per heavy atom. The molecule has 0 aliphatic carbocycles. The van der Waals surface area contributed by atoms with Gasteiger partial charge in [-0.05, 0) is 55.8 Å². The van der Waals surface area contributed by atoms with Crippen LogP contribution in [0, 0.1) is 13.8 Å². The van der Waals surface area contributed by atoms with Crippen molar-refractivity contribution in [2.75, 3.05) is 0 Å². The van der Waals surface area contributed by atoms with Crippen molar-refractivity contribution in [3.63, 3.8) is 0 Å². The summed E-state index contributed by atoms with van der Waals surface area (Å²) in [5.41, 5.74) is 5.42. The monoisotopic (exact) mass is 260 g/mol. The third-order valence-electron chi connectivity index (χ3n) is 3.23. The quantitative estimate of drug-likeness (QED) is 0.681. The van der Waals surface area contributed by atoms with Crippen LogP contribution in [-0.4, -0.2) is 9.97 Å². The molecule has 2 heterocycles. The minimum absolute atomic E-state index is 0.968. The molecule has 0 saturated heterocycles. The lowest BCUT2D eigenvalue weighted by atomic mass is 10.1. The second kappa shape index (κ2) is 5.25. The topological polar surface area (TPSA) is 25.8 Å². The molecule has 0 saturated carbocycles. The minimum atomic E-state index is 0.968. The van der Waals surface area contributed by atoms with Crippen LogP contribution in [0.25, 0.3) is 23.1 Å². The van der Waals surface area contributed by atoms with Gasteiger partial charge in [-0.2, -0.15) is 0 Å². The average molecular weight is 260 g/mol. The zero-order valence-electron chi connectivity index (χ0n) is 11.7. The largest absolute Gasteiger partial charge is 0.262 e. The smallest absolute Gasteiger partial charge is 0.0709 e. The molecule has 0 fully saturated rings. The van der Waals surface area contributed by atoms with Gasteiger partial charge in [-0.25, -0.2) is 4.98 Å². The average Bonchev–Trinajstić information content (AvgIpc) is 2.45. The minimum Gasteiger partial charge on any atom is -0.262 e. The van der Waals surface area contributed by atoms with Crippen LogP contribution in [0.4, 0.5) is 0 Å². The van der Waals surface area contributed by atoms with Crippen LogP contribution in [0.5, 0.6) is 0 Å². The van der Waals surface area contributed by atoms with Crippen molar-refractivity contribution >= 4 is 23.1 Å². The Kier molecular flexibility index (Phi) is 3.30. The molecule has 20 heavy (non-hydrogen) atoms. The first-order valence-electron chi connectivity index (χ1n) is 6.69. The van der Waals surface area contributed by atoms with E-state index in [0.29, 0.717) is 0 Å². The number of benzene rings is 1. The number of aryl methyl sites for hydroxylation is 2. The van der Waals surface area contributed by atoms with E-state index in [-0.39, 0.29) is 0 Å². The number of aromatic nitrogens is 2. The van der Waals surface area contributed by atoms with E-state index >= 15 is 0 Å². The normalized spacial score (nSPS) is 11.3. The molecule has 3 rings (SSSR count). The van der Waals surface area contributed by atoms with Gasteiger partial charge in [-0.3, -0.25) is 4.98 Å². The van der Waals surface area contributed by atoms with Crippen molar-refractivity contribution in [1.82, 2.24) is 9.97 Å². The van der Waals surface area contributed by atoms with Crippen molar-refractivity contribution in [1.29, 1.82) is 0 Å². The van der Waals surface area contributed by atoms with Gasteiger partial charge in [0.25, 0.3) is 0 Å². The van der Waals surface area contributed by atoms with Crippen molar-refractivity contribution in [2.24, 2.45) is 0 Å². The van der Waals surface area contributed by atoms with E-state index in [4.69, 9.17) is 0 Å². The van der Waals surface area contributed by atoms with Crippen LogP contribution in [0.2, 0.25) is 0 Å². The Morgan fingerprint density at radius 2 is 1.80 bits per heavy atom. The van der Waals surface area contributed by atoms with Gasteiger partial charge in [0.2, 0.25) is 0 Å². The molecule has 0 aliphatic heterocycles. The van der Waals surface area contributed by atoms with Gasteiger partial charge in [0.15, 0.2) is 0 Å². The van der Waals surface area contributed by atoms with Crippen molar-refractivity contribution in [3.8, 4) is 0 Å². The van der Waals surface area contributed by atoms with Crippen LogP contribution >= 0.6 is 0 Å². The molecule has 0 N–H and O–H groups in total. The highest BCUT2D eigenvalue weighted by atomic mass is 14.7. The molecule has 1 aromatic carbocycles. The van der Waals surface area contributed by atoms with E-state index in [0.717, 1.165) is 22.5 Å². The Bertz CT molecular complexity index is 788. The van der Waals surface area contributed by atoms with E-state index < -0.39 is 0 Å². The Morgan fingerprint density at radius 3 is 2.65 bits per heavy atom. The summed E-state index contributed by atoms with van der Waals surface area (Å²) in [5.74, 6) is 0. The third-order valence-corrected chi connectivity index (χ3v) is 3.23. The van der Waals surface area contributed by atoms with Crippen molar-refractivity contribution in [2.45, 2.75) is 13.8 Å². The summed E-state index contributed by atoms with van der Waals surface area (Å²) in [6, 6.07) is 14.5. The van der Waals surface area contributed by atoms with Gasteiger partial charge < -0.3 is 0 Å². The second-order valence-corrected chi connectivity index (χ2v) is 5.00. The van der Waals surface area contributed by atoms with Gasteiger partial charge in [0.05, 0.1) is 11.2 Å². The Balaban J connectivity index is 1.93. The van der Waals surface area contributed by atoms with Crippen LogP contribution < -0.4 is 0 Å². The van der Waals surface area contributed by atoms with E-state index in [1.54, 1.807) is 0 Å². The first kappa shape index (κ1) is 12.5. The molecule has 98 valence electrons. The SMILES string of the molecule is Cc1ccc2nc(/C=C/c3ccnc(C)c3)ccc2c1. The lowest BCUT2D eigenvalue weighted by Gasteiger charge is -2.00. The molecule has 0 spiro atoms. The molecule has 0 aliphatic rings. The zero-order chi connectivity index (χ0) is 13.9. The van der Waals surface area contributed by atoms with Crippen molar-refractivity contribution in [3.05, 3.63) is 71.2 Å². The first-order valence-corrected chi connectivity index (χ1v) is 6.69. The molecule has 0 unspecified atom stereocenters. The number of pyridine rings is 2. The first-order chi connectivity index (χ1) is 9.70. The fourth-order valence-corrected chi connectivity index (χ4v) is 2.21. The maximum atomic E-state index is 4.65. The van der Waals surface area contributed by atoms with E-state index in [9.17, 15) is 0 Å². The summed E-state index contributed by atoms with van der Waals surface area (Å²) in [4.78, 5) is 8.85. The van der Waals surface area contributed by atoms with Gasteiger partial charge in [-0.1, -0.05) is 23.8 Å². The molecule has 3 aromatic rings. The van der Waals surface area contributed by atoms with E-state index in [1.165, 1.54) is 10.9 Å². The summed E-state index contributed by atoms with van der Waals surface area (Å²) in [6.07, 6.45) is 5.93. The summed E-state index contributed by atoms with van der Waals surface area (Å²) in [5, 5.41) is 1.18. The Hall–Kier alpha value is -2.48. The highest BCUT2D eigenvalue weighted by Gasteiger charge is 1.96. The lowest BCUT2D eigenvalue weighted by molar-refractivity contribution is 1.20. The number of hydrogen-bond acceptors (Lipinski definition) is 2. The van der Waals surface area contributed by atoms with Gasteiger partial charge in [0, 0.05) is 17.3 Å².